The number of methoxy groups -OCH3 is 1. The molecule has 7 heteroatoms. The average molecular weight is 439 g/mol. The second-order valence-electron chi connectivity index (χ2n) is 8.44. The number of nitrogens with zero attached hydrogens (tertiary/aromatic N) is 3. The van der Waals surface area contributed by atoms with E-state index >= 15 is 0 Å². The molecular weight excluding hydrogens is 408 g/mol. The van der Waals surface area contributed by atoms with Crippen LogP contribution in [-0.2, 0) is 11.3 Å². The lowest BCUT2D eigenvalue weighted by Crippen LogP contribution is -2.40. The van der Waals surface area contributed by atoms with Crippen LogP contribution in [0.5, 0.6) is 5.75 Å². The lowest BCUT2D eigenvalue weighted by molar-refractivity contribution is -0.125. The predicted octanol–water partition coefficient (Wildman–Crippen LogP) is 4.66. The van der Waals surface area contributed by atoms with Crippen molar-refractivity contribution in [1.29, 1.82) is 0 Å². The second kappa shape index (κ2) is 9.22. The first-order valence-electron chi connectivity index (χ1n) is 10.9. The van der Waals surface area contributed by atoms with E-state index in [1.807, 2.05) is 24.3 Å². The molecule has 2 aromatic heterocycles. The number of hydrogen-bond donors (Lipinski definition) is 1. The summed E-state index contributed by atoms with van der Waals surface area (Å²) in [5.74, 6) is 3.17. The fraction of sp³-hybridized carbons (Fsp3) is 0.458. The van der Waals surface area contributed by atoms with Crippen LogP contribution >= 0.6 is 11.3 Å². The Bertz CT molecular complexity index is 1070. The molecule has 0 aliphatic carbocycles. The van der Waals surface area contributed by atoms with Crippen molar-refractivity contribution < 1.29 is 9.53 Å². The minimum Gasteiger partial charge on any atom is -0.497 e. The number of thiophene rings is 1. The Labute approximate surface area is 187 Å². The molecule has 6 nitrogen and oxygen atoms in total. The largest absolute Gasteiger partial charge is 0.497 e. The third-order valence-corrected chi connectivity index (χ3v) is 6.82. The topological polar surface area (TPSA) is 67.3 Å². The Morgan fingerprint density at radius 1 is 1.29 bits per heavy atom. The van der Waals surface area contributed by atoms with Gasteiger partial charge in [-0.3, -0.25) is 4.79 Å². The van der Waals surface area contributed by atoms with Gasteiger partial charge in [0.1, 0.15) is 17.4 Å². The molecule has 0 saturated carbocycles. The van der Waals surface area contributed by atoms with Crippen LogP contribution in [0.4, 0.5) is 5.82 Å². The van der Waals surface area contributed by atoms with Gasteiger partial charge in [-0.2, -0.15) is 0 Å². The summed E-state index contributed by atoms with van der Waals surface area (Å²) in [6.45, 7) is 8.57. The molecule has 0 spiro atoms. The van der Waals surface area contributed by atoms with Gasteiger partial charge < -0.3 is 15.0 Å². The fourth-order valence-electron chi connectivity index (χ4n) is 4.07. The van der Waals surface area contributed by atoms with Crippen LogP contribution in [0.3, 0.4) is 0 Å². The lowest BCUT2D eigenvalue weighted by Gasteiger charge is -2.33. The van der Waals surface area contributed by atoms with Crippen LogP contribution in [0.1, 0.15) is 48.9 Å². The molecule has 0 radical (unpaired) electrons. The number of nitrogens with one attached hydrogen (secondary N) is 1. The Morgan fingerprint density at radius 2 is 2.06 bits per heavy atom. The maximum atomic E-state index is 12.8. The van der Waals surface area contributed by atoms with Crippen molar-refractivity contribution in [3.63, 3.8) is 0 Å². The van der Waals surface area contributed by atoms with Crippen LogP contribution in [0.2, 0.25) is 0 Å². The van der Waals surface area contributed by atoms with Crippen molar-refractivity contribution in [3.05, 3.63) is 45.9 Å². The van der Waals surface area contributed by atoms with E-state index in [4.69, 9.17) is 14.7 Å². The van der Waals surface area contributed by atoms with Crippen LogP contribution in [0.25, 0.3) is 10.9 Å². The smallest absolute Gasteiger partial charge is 0.223 e. The molecule has 0 unspecified atom stereocenters. The van der Waals surface area contributed by atoms with Crippen molar-refractivity contribution in [1.82, 2.24) is 15.3 Å². The first-order valence-corrected chi connectivity index (χ1v) is 11.8. The molecule has 1 saturated heterocycles. The molecule has 1 fully saturated rings. The van der Waals surface area contributed by atoms with E-state index in [1.165, 1.54) is 4.88 Å². The van der Waals surface area contributed by atoms with Gasteiger partial charge in [0.2, 0.25) is 5.91 Å². The van der Waals surface area contributed by atoms with Gasteiger partial charge in [0, 0.05) is 41.7 Å². The molecule has 0 atom stereocenters. The molecule has 1 N–H and O–H groups in total. The van der Waals surface area contributed by atoms with Gasteiger partial charge in [-0.15, -0.1) is 11.3 Å². The van der Waals surface area contributed by atoms with Gasteiger partial charge >= 0.3 is 0 Å². The SMILES string of the molecule is COc1cccc(CNC(=O)C2CCN(c3nc(C(C)C)nc4csc(C)c34)CC2)c1. The third-order valence-electron chi connectivity index (χ3n) is 5.92. The van der Waals surface area contributed by atoms with Gasteiger partial charge in [0.05, 0.1) is 18.0 Å². The van der Waals surface area contributed by atoms with Gasteiger partial charge in [-0.1, -0.05) is 26.0 Å². The average Bonchev–Trinajstić information content (AvgIpc) is 3.18. The van der Waals surface area contributed by atoms with Crippen molar-refractivity contribution in [2.24, 2.45) is 5.92 Å². The quantitative estimate of drug-likeness (QED) is 0.606. The van der Waals surface area contributed by atoms with E-state index in [0.717, 1.165) is 59.8 Å². The number of fused-ring (bicyclic) bond motifs is 1. The first kappa shape index (κ1) is 21.6. The number of carbonyl (C=O) groups is 1. The lowest BCUT2D eigenvalue weighted by atomic mass is 9.95. The van der Waals surface area contributed by atoms with Crippen LogP contribution in [0.15, 0.2) is 29.6 Å². The number of hydrogen-bond acceptors (Lipinski definition) is 6. The van der Waals surface area contributed by atoms with Gasteiger partial charge in [0.15, 0.2) is 0 Å². The number of ether oxygens (including phenoxy) is 1. The molecule has 0 bridgehead atoms. The normalized spacial score (nSPS) is 14.9. The summed E-state index contributed by atoms with van der Waals surface area (Å²) >= 11 is 1.73. The standard InChI is InChI=1S/C24H30N4O2S/c1-15(2)22-26-20-14-31-16(3)21(20)23(27-22)28-10-8-18(9-11-28)24(29)25-13-17-6-5-7-19(12-17)30-4/h5-7,12,14-15,18H,8-11,13H2,1-4H3,(H,25,29). The molecule has 1 aliphatic heterocycles. The summed E-state index contributed by atoms with van der Waals surface area (Å²) in [4.78, 5) is 26.0. The summed E-state index contributed by atoms with van der Waals surface area (Å²) in [5, 5.41) is 6.38. The number of amides is 1. The summed E-state index contributed by atoms with van der Waals surface area (Å²) in [7, 11) is 1.65. The number of carbonyl (C=O) groups excluding carboxylic acids is 1. The monoisotopic (exact) mass is 438 g/mol. The van der Waals surface area contributed by atoms with Crippen molar-refractivity contribution in [3.8, 4) is 5.75 Å². The molecule has 164 valence electrons. The summed E-state index contributed by atoms with van der Waals surface area (Å²) in [5.41, 5.74) is 2.08. The van der Waals surface area contributed by atoms with Crippen LogP contribution in [-0.4, -0.2) is 36.1 Å². The van der Waals surface area contributed by atoms with Crippen molar-refractivity contribution >= 4 is 34.0 Å². The molecule has 3 aromatic rings. The van der Waals surface area contributed by atoms with Crippen molar-refractivity contribution in [2.45, 2.75) is 46.1 Å². The van der Waals surface area contributed by atoms with Crippen LogP contribution in [0, 0.1) is 12.8 Å². The Hall–Kier alpha value is -2.67. The highest BCUT2D eigenvalue weighted by molar-refractivity contribution is 7.11. The summed E-state index contributed by atoms with van der Waals surface area (Å²) in [6, 6.07) is 7.81. The number of benzene rings is 1. The number of aryl methyl sites for hydroxylation is 1. The Morgan fingerprint density at radius 3 is 2.77 bits per heavy atom. The highest BCUT2D eigenvalue weighted by atomic mass is 32.1. The first-order chi connectivity index (χ1) is 15.0. The minimum absolute atomic E-state index is 0.0346. The number of anilines is 1. The number of piperidine rings is 1. The molecular formula is C24H30N4O2S. The Balaban J connectivity index is 1.41. The maximum Gasteiger partial charge on any atom is 0.223 e. The molecule has 1 aromatic carbocycles. The van der Waals surface area contributed by atoms with E-state index in [0.29, 0.717) is 6.54 Å². The zero-order valence-electron chi connectivity index (χ0n) is 18.6. The molecule has 4 rings (SSSR count). The van der Waals surface area contributed by atoms with Gasteiger partial charge in [0.25, 0.3) is 0 Å². The number of rotatable bonds is 6. The van der Waals surface area contributed by atoms with E-state index in [-0.39, 0.29) is 17.7 Å². The fourth-order valence-corrected chi connectivity index (χ4v) is 4.84. The third kappa shape index (κ3) is 4.66. The Kier molecular flexibility index (Phi) is 6.41. The minimum atomic E-state index is 0.0346. The number of aromatic nitrogens is 2. The summed E-state index contributed by atoms with van der Waals surface area (Å²) in [6.07, 6.45) is 1.66. The van der Waals surface area contributed by atoms with Crippen LogP contribution < -0.4 is 15.0 Å². The van der Waals surface area contributed by atoms with Gasteiger partial charge in [-0.05, 0) is 37.5 Å². The van der Waals surface area contributed by atoms with E-state index < -0.39 is 0 Å². The maximum absolute atomic E-state index is 12.8. The zero-order valence-corrected chi connectivity index (χ0v) is 19.5. The molecule has 3 heterocycles. The predicted molar refractivity (Wildman–Crippen MR) is 126 cm³/mol. The van der Waals surface area contributed by atoms with Crippen molar-refractivity contribution in [2.75, 3.05) is 25.1 Å². The molecule has 1 amide bonds. The van der Waals surface area contributed by atoms with Gasteiger partial charge in [-0.25, -0.2) is 9.97 Å². The summed E-state index contributed by atoms with van der Waals surface area (Å²) < 4.78 is 5.26. The highest BCUT2D eigenvalue weighted by Crippen LogP contribution is 2.34. The molecule has 31 heavy (non-hydrogen) atoms. The van der Waals surface area contributed by atoms with E-state index in [2.05, 4.69) is 36.4 Å². The van der Waals surface area contributed by atoms with E-state index in [9.17, 15) is 4.79 Å². The zero-order chi connectivity index (χ0) is 22.0. The molecule has 1 aliphatic rings. The van der Waals surface area contributed by atoms with E-state index in [1.54, 1.807) is 18.4 Å². The highest BCUT2D eigenvalue weighted by Gasteiger charge is 2.27. The second-order valence-corrected chi connectivity index (χ2v) is 9.53.